The van der Waals surface area contributed by atoms with Crippen LogP contribution in [-0.2, 0) is 4.79 Å². The van der Waals surface area contributed by atoms with Crippen LogP contribution in [0, 0.1) is 10.1 Å². The summed E-state index contributed by atoms with van der Waals surface area (Å²) in [5.41, 5.74) is 1.87. The van der Waals surface area contributed by atoms with Crippen molar-refractivity contribution in [1.29, 1.82) is 0 Å². The molecular weight excluding hydrogens is 392 g/mol. The SMILES string of the molecule is C[C@H]1CCN(C(=O)CNc2cc([N+](=O)[O-])ccc2NCCO)c2ccccc2S1. The molecule has 0 aromatic heterocycles. The summed E-state index contributed by atoms with van der Waals surface area (Å²) < 4.78 is 0. The van der Waals surface area contributed by atoms with Crippen molar-refractivity contribution in [3.8, 4) is 0 Å². The minimum absolute atomic E-state index is 0.00234. The van der Waals surface area contributed by atoms with Gasteiger partial charge in [0.1, 0.15) is 0 Å². The van der Waals surface area contributed by atoms with Gasteiger partial charge in [-0.05, 0) is 24.6 Å². The van der Waals surface area contributed by atoms with E-state index in [2.05, 4.69) is 17.6 Å². The Morgan fingerprint density at radius 2 is 2.07 bits per heavy atom. The van der Waals surface area contributed by atoms with Gasteiger partial charge in [0.2, 0.25) is 5.91 Å². The molecule has 0 aliphatic carbocycles. The summed E-state index contributed by atoms with van der Waals surface area (Å²) in [6.07, 6.45) is 0.880. The van der Waals surface area contributed by atoms with Crippen LogP contribution in [-0.4, -0.2) is 47.4 Å². The molecule has 0 fully saturated rings. The Morgan fingerprint density at radius 3 is 2.83 bits per heavy atom. The number of anilines is 3. The zero-order chi connectivity index (χ0) is 20.8. The standard InChI is InChI=1S/C20H24N4O4S/c1-14-8-10-23(18-4-2-3-5-19(18)29-14)20(26)13-22-17-12-15(24(27)28)6-7-16(17)21-9-11-25/h2-7,12,14,21-22,25H,8-11,13H2,1H3/t14-/m0/s1. The summed E-state index contributed by atoms with van der Waals surface area (Å²) >= 11 is 1.76. The van der Waals surface area contributed by atoms with Gasteiger partial charge in [0, 0.05) is 35.4 Å². The molecule has 3 N–H and O–H groups in total. The van der Waals surface area contributed by atoms with Crippen molar-refractivity contribution in [3.63, 3.8) is 0 Å². The molecule has 29 heavy (non-hydrogen) atoms. The maximum Gasteiger partial charge on any atom is 0.271 e. The van der Waals surface area contributed by atoms with E-state index >= 15 is 0 Å². The molecule has 1 atom stereocenters. The van der Waals surface area contributed by atoms with Crippen LogP contribution in [0.25, 0.3) is 0 Å². The highest BCUT2D eigenvalue weighted by atomic mass is 32.2. The van der Waals surface area contributed by atoms with Gasteiger partial charge in [-0.15, -0.1) is 11.8 Å². The highest BCUT2D eigenvalue weighted by Gasteiger charge is 2.24. The molecule has 1 aliphatic rings. The van der Waals surface area contributed by atoms with Crippen molar-refractivity contribution >= 4 is 40.4 Å². The third-order valence-electron chi connectivity index (χ3n) is 4.62. The summed E-state index contributed by atoms with van der Waals surface area (Å²) in [6, 6.07) is 12.2. The molecule has 2 aromatic rings. The number of amides is 1. The van der Waals surface area contributed by atoms with Crippen LogP contribution in [0.4, 0.5) is 22.7 Å². The van der Waals surface area contributed by atoms with Crippen molar-refractivity contribution in [2.75, 3.05) is 41.8 Å². The van der Waals surface area contributed by atoms with E-state index in [4.69, 9.17) is 5.11 Å². The number of carbonyl (C=O) groups excluding carboxylic acids is 1. The minimum Gasteiger partial charge on any atom is -0.395 e. The van der Waals surface area contributed by atoms with Crippen molar-refractivity contribution in [2.24, 2.45) is 0 Å². The molecule has 9 heteroatoms. The number of para-hydroxylation sites is 1. The number of thioether (sulfide) groups is 1. The quantitative estimate of drug-likeness (QED) is 0.469. The highest BCUT2D eigenvalue weighted by Crippen LogP contribution is 2.37. The topological polar surface area (TPSA) is 108 Å². The lowest BCUT2D eigenvalue weighted by Crippen LogP contribution is -2.36. The van der Waals surface area contributed by atoms with Crippen LogP contribution in [0.5, 0.6) is 0 Å². The number of hydrogen-bond donors (Lipinski definition) is 3. The average molecular weight is 417 g/mol. The first-order valence-corrected chi connectivity index (χ1v) is 10.3. The number of rotatable bonds is 7. The number of aliphatic hydroxyl groups is 1. The van der Waals surface area contributed by atoms with E-state index in [9.17, 15) is 14.9 Å². The number of nitro benzene ring substituents is 1. The highest BCUT2D eigenvalue weighted by molar-refractivity contribution is 8.00. The maximum atomic E-state index is 13.0. The second kappa shape index (κ2) is 9.62. The number of nitro groups is 1. The van der Waals surface area contributed by atoms with Crippen LogP contribution < -0.4 is 15.5 Å². The summed E-state index contributed by atoms with van der Waals surface area (Å²) in [4.78, 5) is 26.5. The smallest absolute Gasteiger partial charge is 0.271 e. The Balaban J connectivity index is 1.78. The van der Waals surface area contributed by atoms with Gasteiger partial charge in [0.15, 0.2) is 0 Å². The first-order valence-electron chi connectivity index (χ1n) is 9.42. The number of nitrogens with zero attached hydrogens (tertiary/aromatic N) is 2. The number of nitrogens with one attached hydrogen (secondary N) is 2. The molecule has 0 unspecified atom stereocenters. The number of benzene rings is 2. The molecule has 1 heterocycles. The number of fused-ring (bicyclic) bond motifs is 1. The van der Waals surface area contributed by atoms with Crippen LogP contribution in [0.15, 0.2) is 47.4 Å². The number of carbonyl (C=O) groups is 1. The lowest BCUT2D eigenvalue weighted by molar-refractivity contribution is -0.384. The monoisotopic (exact) mass is 416 g/mol. The summed E-state index contributed by atoms with van der Waals surface area (Å²) in [7, 11) is 0. The predicted octanol–water partition coefficient (Wildman–Crippen LogP) is 3.33. The number of hydrogen-bond acceptors (Lipinski definition) is 7. The van der Waals surface area contributed by atoms with Gasteiger partial charge in [-0.25, -0.2) is 0 Å². The van der Waals surface area contributed by atoms with Crippen molar-refractivity contribution in [2.45, 2.75) is 23.5 Å². The van der Waals surface area contributed by atoms with Crippen LogP contribution in [0.3, 0.4) is 0 Å². The van der Waals surface area contributed by atoms with Crippen molar-refractivity contribution in [1.82, 2.24) is 0 Å². The molecule has 1 amide bonds. The molecule has 8 nitrogen and oxygen atoms in total. The third kappa shape index (κ3) is 5.18. The Bertz CT molecular complexity index is 893. The second-order valence-corrected chi connectivity index (χ2v) is 8.20. The molecule has 0 bridgehead atoms. The first kappa shape index (κ1) is 20.9. The molecule has 0 radical (unpaired) electrons. The van der Waals surface area contributed by atoms with Gasteiger partial charge in [0.25, 0.3) is 5.69 Å². The second-order valence-electron chi connectivity index (χ2n) is 6.72. The maximum absolute atomic E-state index is 13.0. The van der Waals surface area contributed by atoms with Crippen molar-refractivity contribution < 1.29 is 14.8 Å². The zero-order valence-electron chi connectivity index (χ0n) is 16.1. The lowest BCUT2D eigenvalue weighted by atomic mass is 10.2. The van der Waals surface area contributed by atoms with E-state index in [1.54, 1.807) is 22.7 Å². The van der Waals surface area contributed by atoms with E-state index in [0.29, 0.717) is 29.7 Å². The number of aliphatic hydroxyl groups excluding tert-OH is 1. The summed E-state index contributed by atoms with van der Waals surface area (Å²) in [6.45, 7) is 3.00. The van der Waals surface area contributed by atoms with Gasteiger partial charge in [0.05, 0.1) is 35.1 Å². The normalized spacial score (nSPS) is 15.9. The fourth-order valence-corrected chi connectivity index (χ4v) is 4.26. The summed E-state index contributed by atoms with van der Waals surface area (Å²) in [5.74, 6) is -0.105. The van der Waals surface area contributed by atoms with E-state index in [1.165, 1.54) is 12.1 Å². The fraction of sp³-hybridized carbons (Fsp3) is 0.350. The molecule has 2 aromatic carbocycles. The van der Waals surface area contributed by atoms with E-state index in [1.807, 2.05) is 24.3 Å². The molecule has 0 saturated carbocycles. The first-order chi connectivity index (χ1) is 14.0. The van der Waals surface area contributed by atoms with Gasteiger partial charge in [-0.2, -0.15) is 0 Å². The van der Waals surface area contributed by atoms with Crippen LogP contribution >= 0.6 is 11.8 Å². The largest absolute Gasteiger partial charge is 0.395 e. The zero-order valence-corrected chi connectivity index (χ0v) is 16.9. The van der Waals surface area contributed by atoms with Crippen LogP contribution in [0.2, 0.25) is 0 Å². The molecule has 0 spiro atoms. The van der Waals surface area contributed by atoms with Gasteiger partial charge in [-0.3, -0.25) is 14.9 Å². The van der Waals surface area contributed by atoms with Gasteiger partial charge in [-0.1, -0.05) is 19.1 Å². The van der Waals surface area contributed by atoms with Gasteiger partial charge < -0.3 is 20.6 Å². The number of non-ortho nitro benzene ring substituents is 1. The molecule has 0 saturated heterocycles. The molecule has 3 rings (SSSR count). The van der Waals surface area contributed by atoms with E-state index in [-0.39, 0.29) is 24.7 Å². The van der Waals surface area contributed by atoms with E-state index in [0.717, 1.165) is 17.0 Å². The molecule has 154 valence electrons. The Hall–Kier alpha value is -2.78. The fourth-order valence-electron chi connectivity index (χ4n) is 3.15. The van der Waals surface area contributed by atoms with Gasteiger partial charge >= 0.3 is 0 Å². The average Bonchev–Trinajstić information content (AvgIpc) is 2.88. The Labute approximate surface area is 173 Å². The Morgan fingerprint density at radius 1 is 1.28 bits per heavy atom. The minimum atomic E-state index is -0.480. The predicted molar refractivity (Wildman–Crippen MR) is 116 cm³/mol. The van der Waals surface area contributed by atoms with E-state index < -0.39 is 4.92 Å². The molecular formula is C20H24N4O4S. The Kier molecular flexibility index (Phi) is 6.95. The third-order valence-corrected chi connectivity index (χ3v) is 5.85. The lowest BCUT2D eigenvalue weighted by Gasteiger charge is -2.23. The van der Waals surface area contributed by atoms with Crippen LogP contribution in [0.1, 0.15) is 13.3 Å². The summed E-state index contributed by atoms with van der Waals surface area (Å²) in [5, 5.41) is 26.6. The molecule has 1 aliphatic heterocycles. The van der Waals surface area contributed by atoms with Crippen molar-refractivity contribution in [3.05, 3.63) is 52.6 Å².